The molecule has 0 bridgehead atoms. The van der Waals surface area contributed by atoms with Gasteiger partial charge in [-0.3, -0.25) is 10.2 Å². The summed E-state index contributed by atoms with van der Waals surface area (Å²) < 4.78 is 0. The van der Waals surface area contributed by atoms with E-state index in [1.54, 1.807) is 0 Å². The fourth-order valence-corrected chi connectivity index (χ4v) is 2.80. The number of likely N-dealkylation sites (N-methyl/N-ethyl adjacent to an activating group) is 1. The van der Waals surface area contributed by atoms with Crippen LogP contribution in [0.25, 0.3) is 0 Å². The molecule has 0 saturated carbocycles. The number of hydrogen-bond donors (Lipinski definition) is 4. The zero-order valence-electron chi connectivity index (χ0n) is 14.2. The second-order valence-corrected chi connectivity index (χ2v) is 6.43. The molecule has 0 radical (unpaired) electrons. The van der Waals surface area contributed by atoms with Gasteiger partial charge in [0, 0.05) is 0 Å². The van der Waals surface area contributed by atoms with Crippen LogP contribution in [0.5, 0.6) is 0 Å². The Morgan fingerprint density at radius 1 is 1.29 bits per heavy atom. The van der Waals surface area contributed by atoms with Crippen LogP contribution < -0.4 is 21.0 Å². The number of urea groups is 1. The molecule has 4 N–H and O–H groups in total. The molecule has 7 nitrogen and oxygen atoms in total. The number of carbonyl (C=O) groups is 2. The molecule has 0 aromatic heterocycles. The molecule has 1 atom stereocenters. The highest BCUT2D eigenvalue weighted by molar-refractivity contribution is 7.80. The highest BCUT2D eigenvalue weighted by Gasteiger charge is 2.51. The molecule has 3 amide bonds. The monoisotopic (exact) mass is 350 g/mol. The summed E-state index contributed by atoms with van der Waals surface area (Å²) in [5, 5.41) is 6.99. The number of nitrogens with zero attached hydrogens (tertiary/aromatic N) is 1. The van der Waals surface area contributed by atoms with E-state index in [-0.39, 0.29) is 11.0 Å². The number of imide groups is 1. The normalized spacial score (nSPS) is 20.2. The molecule has 2 rings (SSSR count). The number of benzene rings is 1. The third kappa shape index (κ3) is 3.65. The molecular weight excluding hydrogens is 326 g/mol. The van der Waals surface area contributed by atoms with Crippen molar-refractivity contribution in [2.45, 2.75) is 18.9 Å². The number of amides is 3. The van der Waals surface area contributed by atoms with Crippen LogP contribution in [-0.2, 0) is 10.3 Å². The number of hydrazine groups is 1. The highest BCUT2D eigenvalue weighted by atomic mass is 32.1. The summed E-state index contributed by atoms with van der Waals surface area (Å²) in [6.45, 7) is 3.38. The Labute approximate surface area is 147 Å². The van der Waals surface area contributed by atoms with Crippen molar-refractivity contribution in [1.29, 1.82) is 0 Å². The maximum atomic E-state index is 12.9. The molecule has 0 spiro atoms. The van der Waals surface area contributed by atoms with Crippen LogP contribution in [0.2, 0.25) is 0 Å². The van der Waals surface area contributed by atoms with Gasteiger partial charge in [0.1, 0.15) is 5.54 Å². The standard InChI is InChI=1S/C16H23N5O2S/c1-4-16(12-8-6-5-7-9-12)13(22)21(15(23)18-16)19-14(24)17-10-11-20(2)3/h5-9H,4,10-11H2,1-3H3,(H,18,23)(H2,17,19,24)/p+1/t16-/m1/s1. The van der Waals surface area contributed by atoms with E-state index in [2.05, 4.69) is 16.1 Å². The summed E-state index contributed by atoms with van der Waals surface area (Å²) in [5.74, 6) is -0.358. The lowest BCUT2D eigenvalue weighted by molar-refractivity contribution is -0.856. The topological polar surface area (TPSA) is 77.9 Å². The van der Waals surface area contributed by atoms with Gasteiger partial charge in [-0.2, -0.15) is 5.01 Å². The minimum Gasteiger partial charge on any atom is -0.356 e. The van der Waals surface area contributed by atoms with Gasteiger partial charge in [0.25, 0.3) is 5.91 Å². The molecule has 24 heavy (non-hydrogen) atoms. The fourth-order valence-electron chi connectivity index (χ4n) is 2.61. The Bertz CT molecular complexity index is 622. The third-order valence-corrected chi connectivity index (χ3v) is 4.25. The Balaban J connectivity index is 2.09. The van der Waals surface area contributed by atoms with Crippen molar-refractivity contribution in [2.24, 2.45) is 0 Å². The maximum Gasteiger partial charge on any atom is 0.344 e. The number of hydrogen-bond acceptors (Lipinski definition) is 3. The van der Waals surface area contributed by atoms with Crippen molar-refractivity contribution in [3.63, 3.8) is 0 Å². The van der Waals surface area contributed by atoms with E-state index in [0.29, 0.717) is 13.0 Å². The van der Waals surface area contributed by atoms with Crippen molar-refractivity contribution < 1.29 is 14.5 Å². The maximum absolute atomic E-state index is 12.9. The molecule has 1 aromatic carbocycles. The van der Waals surface area contributed by atoms with Gasteiger partial charge in [-0.05, 0) is 24.2 Å². The molecule has 1 aliphatic rings. The molecule has 1 saturated heterocycles. The van der Waals surface area contributed by atoms with Crippen molar-refractivity contribution in [2.75, 3.05) is 27.2 Å². The molecule has 130 valence electrons. The van der Waals surface area contributed by atoms with Gasteiger partial charge in [-0.15, -0.1) is 0 Å². The zero-order chi connectivity index (χ0) is 17.7. The minimum atomic E-state index is -1.06. The Morgan fingerprint density at radius 2 is 1.96 bits per heavy atom. The summed E-state index contributed by atoms with van der Waals surface area (Å²) in [4.78, 5) is 26.4. The first-order chi connectivity index (χ1) is 11.4. The van der Waals surface area contributed by atoms with Gasteiger partial charge >= 0.3 is 6.03 Å². The molecule has 1 aliphatic heterocycles. The highest BCUT2D eigenvalue weighted by Crippen LogP contribution is 2.31. The van der Waals surface area contributed by atoms with Gasteiger partial charge in [0.15, 0.2) is 5.11 Å². The number of rotatable bonds is 6. The summed E-state index contributed by atoms with van der Waals surface area (Å²) in [6.07, 6.45) is 0.448. The van der Waals surface area contributed by atoms with E-state index in [1.807, 2.05) is 51.4 Å². The second-order valence-electron chi connectivity index (χ2n) is 6.02. The average molecular weight is 350 g/mol. The van der Waals surface area contributed by atoms with Crippen molar-refractivity contribution >= 4 is 29.3 Å². The Morgan fingerprint density at radius 3 is 2.54 bits per heavy atom. The fraction of sp³-hybridized carbons (Fsp3) is 0.438. The first-order valence-corrected chi connectivity index (χ1v) is 8.37. The quantitative estimate of drug-likeness (QED) is 0.406. The van der Waals surface area contributed by atoms with Gasteiger partial charge in [-0.25, -0.2) is 4.79 Å². The summed E-state index contributed by atoms with van der Waals surface area (Å²) in [6, 6.07) is 8.72. The lowest BCUT2D eigenvalue weighted by atomic mass is 9.87. The van der Waals surface area contributed by atoms with E-state index in [1.165, 1.54) is 4.90 Å². The summed E-state index contributed by atoms with van der Waals surface area (Å²) >= 11 is 5.17. The molecule has 0 unspecified atom stereocenters. The Hall–Kier alpha value is -2.19. The van der Waals surface area contributed by atoms with E-state index >= 15 is 0 Å². The van der Waals surface area contributed by atoms with E-state index in [0.717, 1.165) is 17.1 Å². The average Bonchev–Trinajstić information content (AvgIpc) is 2.80. The third-order valence-electron chi connectivity index (χ3n) is 4.01. The lowest BCUT2D eigenvalue weighted by Gasteiger charge is -2.25. The van der Waals surface area contributed by atoms with Gasteiger partial charge < -0.3 is 15.5 Å². The summed E-state index contributed by atoms with van der Waals surface area (Å²) in [5.41, 5.74) is 2.39. The van der Waals surface area contributed by atoms with Crippen molar-refractivity contribution in [3.05, 3.63) is 35.9 Å². The SMILES string of the molecule is CC[C@]1(c2ccccc2)NC(=O)N(NC(=S)NCC[NH+](C)C)C1=O. The minimum absolute atomic E-state index is 0.250. The van der Waals surface area contributed by atoms with Crippen LogP contribution in [0.4, 0.5) is 4.79 Å². The van der Waals surface area contributed by atoms with Crippen LogP contribution >= 0.6 is 12.2 Å². The van der Waals surface area contributed by atoms with Crippen molar-refractivity contribution in [3.8, 4) is 0 Å². The number of carbonyl (C=O) groups excluding carboxylic acids is 2. The van der Waals surface area contributed by atoms with Crippen LogP contribution in [0.1, 0.15) is 18.9 Å². The van der Waals surface area contributed by atoms with Crippen LogP contribution in [0, 0.1) is 0 Å². The van der Waals surface area contributed by atoms with Crippen molar-refractivity contribution in [1.82, 2.24) is 21.1 Å². The largest absolute Gasteiger partial charge is 0.356 e. The number of nitrogens with one attached hydrogen (secondary N) is 4. The molecule has 1 aromatic rings. The first-order valence-electron chi connectivity index (χ1n) is 7.96. The predicted molar refractivity (Wildman–Crippen MR) is 95.2 cm³/mol. The van der Waals surface area contributed by atoms with E-state index in [4.69, 9.17) is 12.2 Å². The predicted octanol–water partition coefficient (Wildman–Crippen LogP) is -0.633. The smallest absolute Gasteiger partial charge is 0.344 e. The first kappa shape index (κ1) is 18.2. The van der Waals surface area contributed by atoms with Gasteiger partial charge in [0.05, 0.1) is 27.2 Å². The molecule has 8 heteroatoms. The van der Waals surface area contributed by atoms with E-state index in [9.17, 15) is 9.59 Å². The number of quaternary nitrogens is 1. The molecule has 1 heterocycles. The van der Waals surface area contributed by atoms with Crippen LogP contribution in [-0.4, -0.2) is 49.2 Å². The Kier molecular flexibility index (Phi) is 5.74. The summed E-state index contributed by atoms with van der Waals surface area (Å²) in [7, 11) is 4.07. The van der Waals surface area contributed by atoms with Gasteiger partial charge in [0.2, 0.25) is 0 Å². The zero-order valence-corrected chi connectivity index (χ0v) is 15.0. The van der Waals surface area contributed by atoms with Crippen LogP contribution in [0.3, 0.4) is 0 Å². The molecular formula is C16H24N5O2S+. The molecule has 1 fully saturated rings. The number of thiocarbonyl (C=S) groups is 1. The molecule has 0 aliphatic carbocycles. The van der Waals surface area contributed by atoms with Crippen LogP contribution in [0.15, 0.2) is 30.3 Å². The van der Waals surface area contributed by atoms with E-state index < -0.39 is 11.6 Å². The van der Waals surface area contributed by atoms with Gasteiger partial charge in [-0.1, -0.05) is 37.3 Å². The second kappa shape index (κ2) is 7.59. The lowest BCUT2D eigenvalue weighted by Crippen LogP contribution is -3.06.